The number of hydrogen-bond acceptors (Lipinski definition) is 3. The van der Waals surface area contributed by atoms with Gasteiger partial charge in [0.25, 0.3) is 0 Å². The number of nitrogens with zero attached hydrogens (tertiary/aromatic N) is 1. The van der Waals surface area contributed by atoms with Gasteiger partial charge in [-0.3, -0.25) is 4.79 Å². The SMILES string of the molecule is CN1CC[C@H](CNC(=O)CSC23CC4CC(CC(C4)C2)C3)C1. The van der Waals surface area contributed by atoms with Crippen molar-refractivity contribution in [3.05, 3.63) is 0 Å². The molecule has 4 aliphatic carbocycles. The standard InChI is InChI=1S/C18H30N2OS/c1-20-3-2-13(11-20)10-19-17(21)12-22-18-7-14-4-15(8-18)6-16(5-14)9-18/h13-16H,2-12H2,1H3,(H,19,21)/t13-,14?,15?,16?,18?/m1/s1. The van der Waals surface area contributed by atoms with Crippen LogP contribution in [0.3, 0.4) is 0 Å². The van der Waals surface area contributed by atoms with Crippen LogP contribution in [0, 0.1) is 23.7 Å². The molecule has 1 heterocycles. The highest BCUT2D eigenvalue weighted by Gasteiger charge is 2.51. The van der Waals surface area contributed by atoms with E-state index in [-0.39, 0.29) is 5.91 Å². The Morgan fingerprint density at radius 3 is 2.36 bits per heavy atom. The monoisotopic (exact) mass is 322 g/mol. The van der Waals surface area contributed by atoms with Crippen LogP contribution in [-0.2, 0) is 4.79 Å². The Hall–Kier alpha value is -0.220. The summed E-state index contributed by atoms with van der Waals surface area (Å²) in [5.74, 6) is 4.57. The van der Waals surface area contributed by atoms with Crippen molar-refractivity contribution in [1.29, 1.82) is 0 Å². The highest BCUT2D eigenvalue weighted by Crippen LogP contribution is 2.60. The predicted octanol–water partition coefficient (Wildman–Crippen LogP) is 2.76. The van der Waals surface area contributed by atoms with Gasteiger partial charge in [0.2, 0.25) is 5.91 Å². The molecule has 0 radical (unpaired) electrons. The first-order chi connectivity index (χ1) is 10.6. The molecule has 1 atom stereocenters. The topological polar surface area (TPSA) is 32.3 Å². The molecule has 5 fully saturated rings. The number of amides is 1. The zero-order valence-corrected chi connectivity index (χ0v) is 14.7. The van der Waals surface area contributed by atoms with Gasteiger partial charge in [-0.05, 0) is 82.2 Å². The third-order valence-electron chi connectivity index (χ3n) is 6.57. The molecule has 5 aliphatic rings. The van der Waals surface area contributed by atoms with Crippen LogP contribution >= 0.6 is 11.8 Å². The molecule has 0 aromatic heterocycles. The van der Waals surface area contributed by atoms with Gasteiger partial charge >= 0.3 is 0 Å². The number of carbonyl (C=O) groups is 1. The first kappa shape index (κ1) is 15.3. The maximum atomic E-state index is 12.2. The van der Waals surface area contributed by atoms with E-state index in [9.17, 15) is 4.79 Å². The van der Waals surface area contributed by atoms with Gasteiger partial charge in [0, 0.05) is 17.8 Å². The molecular formula is C18H30N2OS. The summed E-state index contributed by atoms with van der Waals surface area (Å²) in [5.41, 5.74) is 0. The van der Waals surface area contributed by atoms with Gasteiger partial charge in [-0.15, -0.1) is 11.8 Å². The lowest BCUT2D eigenvalue weighted by Gasteiger charge is -2.56. The fourth-order valence-corrected chi connectivity index (χ4v) is 7.53. The van der Waals surface area contributed by atoms with Crippen LogP contribution in [0.5, 0.6) is 0 Å². The fraction of sp³-hybridized carbons (Fsp3) is 0.944. The first-order valence-electron chi connectivity index (χ1n) is 9.19. The third-order valence-corrected chi connectivity index (χ3v) is 8.09. The van der Waals surface area contributed by atoms with Gasteiger partial charge in [-0.2, -0.15) is 0 Å². The lowest BCUT2D eigenvalue weighted by atomic mass is 9.56. The minimum absolute atomic E-state index is 0.273. The molecule has 22 heavy (non-hydrogen) atoms. The molecule has 1 amide bonds. The van der Waals surface area contributed by atoms with Crippen molar-refractivity contribution in [2.24, 2.45) is 23.7 Å². The Morgan fingerprint density at radius 1 is 1.18 bits per heavy atom. The van der Waals surface area contributed by atoms with Crippen LogP contribution in [0.1, 0.15) is 44.9 Å². The Bertz CT molecular complexity index is 404. The lowest BCUT2D eigenvalue weighted by Crippen LogP contribution is -2.49. The van der Waals surface area contributed by atoms with Crippen molar-refractivity contribution >= 4 is 17.7 Å². The van der Waals surface area contributed by atoms with E-state index in [0.717, 1.165) is 30.8 Å². The highest BCUT2D eigenvalue weighted by molar-refractivity contribution is 8.01. The zero-order chi connectivity index (χ0) is 15.2. The Labute approximate surface area is 139 Å². The molecule has 1 N–H and O–H groups in total. The smallest absolute Gasteiger partial charge is 0.230 e. The zero-order valence-electron chi connectivity index (χ0n) is 13.9. The number of carbonyl (C=O) groups excluding carboxylic acids is 1. The number of thioether (sulfide) groups is 1. The van der Waals surface area contributed by atoms with Gasteiger partial charge in [0.05, 0.1) is 5.75 Å². The summed E-state index contributed by atoms with van der Waals surface area (Å²) in [6.07, 6.45) is 9.88. The first-order valence-corrected chi connectivity index (χ1v) is 10.2. The second kappa shape index (κ2) is 6.01. The molecular weight excluding hydrogens is 292 g/mol. The van der Waals surface area contributed by atoms with Crippen LogP contribution in [0.15, 0.2) is 0 Å². The van der Waals surface area contributed by atoms with E-state index in [2.05, 4.69) is 17.3 Å². The molecule has 0 aromatic rings. The maximum absolute atomic E-state index is 12.2. The van der Waals surface area contributed by atoms with Crippen molar-refractivity contribution in [3.8, 4) is 0 Å². The summed E-state index contributed by atoms with van der Waals surface area (Å²) in [6, 6.07) is 0. The summed E-state index contributed by atoms with van der Waals surface area (Å²) in [5, 5.41) is 3.19. The largest absolute Gasteiger partial charge is 0.355 e. The van der Waals surface area contributed by atoms with Crippen molar-refractivity contribution < 1.29 is 4.79 Å². The summed E-state index contributed by atoms with van der Waals surface area (Å²) in [7, 11) is 2.17. The Balaban J connectivity index is 1.23. The van der Waals surface area contributed by atoms with E-state index in [1.807, 2.05) is 11.8 Å². The lowest BCUT2D eigenvalue weighted by molar-refractivity contribution is -0.118. The van der Waals surface area contributed by atoms with Crippen molar-refractivity contribution in [2.45, 2.75) is 49.7 Å². The average Bonchev–Trinajstić information content (AvgIpc) is 2.87. The Morgan fingerprint density at radius 2 is 1.82 bits per heavy atom. The minimum atomic E-state index is 0.273. The van der Waals surface area contributed by atoms with Crippen LogP contribution < -0.4 is 5.32 Å². The van der Waals surface area contributed by atoms with Crippen molar-refractivity contribution in [3.63, 3.8) is 0 Å². The van der Waals surface area contributed by atoms with E-state index in [4.69, 9.17) is 0 Å². The number of nitrogens with one attached hydrogen (secondary N) is 1. The second-order valence-electron chi connectivity index (χ2n) is 8.61. The quantitative estimate of drug-likeness (QED) is 0.845. The number of rotatable bonds is 5. The molecule has 4 bridgehead atoms. The minimum Gasteiger partial charge on any atom is -0.355 e. The normalized spacial score (nSPS) is 43.7. The molecule has 0 unspecified atom stereocenters. The van der Waals surface area contributed by atoms with Crippen LogP contribution in [0.2, 0.25) is 0 Å². The van der Waals surface area contributed by atoms with E-state index in [0.29, 0.717) is 16.4 Å². The Kier molecular flexibility index (Phi) is 4.18. The average molecular weight is 323 g/mol. The summed E-state index contributed by atoms with van der Waals surface area (Å²) >= 11 is 2.00. The van der Waals surface area contributed by atoms with Gasteiger partial charge in [0.15, 0.2) is 0 Å². The summed E-state index contributed by atoms with van der Waals surface area (Å²) in [4.78, 5) is 14.6. The van der Waals surface area contributed by atoms with E-state index in [1.54, 1.807) is 0 Å². The fourth-order valence-electron chi connectivity index (χ4n) is 5.93. The molecule has 4 heteroatoms. The molecule has 4 saturated carbocycles. The summed E-state index contributed by atoms with van der Waals surface area (Å²) < 4.78 is 0.472. The van der Waals surface area contributed by atoms with Gasteiger partial charge in [0.1, 0.15) is 0 Å². The van der Waals surface area contributed by atoms with Gasteiger partial charge < -0.3 is 10.2 Å². The molecule has 0 aromatic carbocycles. The van der Waals surface area contributed by atoms with E-state index in [1.165, 1.54) is 51.5 Å². The van der Waals surface area contributed by atoms with Crippen LogP contribution in [-0.4, -0.2) is 48.0 Å². The van der Waals surface area contributed by atoms with Crippen LogP contribution in [0.25, 0.3) is 0 Å². The highest BCUT2D eigenvalue weighted by atomic mass is 32.2. The van der Waals surface area contributed by atoms with Crippen molar-refractivity contribution in [1.82, 2.24) is 10.2 Å². The molecule has 5 rings (SSSR count). The van der Waals surface area contributed by atoms with E-state index < -0.39 is 0 Å². The number of hydrogen-bond donors (Lipinski definition) is 1. The van der Waals surface area contributed by atoms with E-state index >= 15 is 0 Å². The molecule has 124 valence electrons. The van der Waals surface area contributed by atoms with Crippen molar-refractivity contribution in [2.75, 3.05) is 32.4 Å². The maximum Gasteiger partial charge on any atom is 0.230 e. The second-order valence-corrected chi connectivity index (χ2v) is 10.1. The number of likely N-dealkylation sites (tertiary alicyclic amines) is 1. The molecule has 3 nitrogen and oxygen atoms in total. The molecule has 0 spiro atoms. The molecule has 1 aliphatic heterocycles. The van der Waals surface area contributed by atoms with Gasteiger partial charge in [-0.25, -0.2) is 0 Å². The van der Waals surface area contributed by atoms with Crippen LogP contribution in [0.4, 0.5) is 0 Å². The van der Waals surface area contributed by atoms with Gasteiger partial charge in [-0.1, -0.05) is 0 Å². The summed E-state index contributed by atoms with van der Waals surface area (Å²) in [6.45, 7) is 3.20. The molecule has 1 saturated heterocycles. The predicted molar refractivity (Wildman–Crippen MR) is 92.0 cm³/mol. The third kappa shape index (κ3) is 3.19.